The highest BCUT2D eigenvalue weighted by atomic mass is 16.7. The van der Waals surface area contributed by atoms with Gasteiger partial charge in [0.25, 0.3) is 5.91 Å². The van der Waals surface area contributed by atoms with E-state index in [0.29, 0.717) is 24.5 Å². The van der Waals surface area contributed by atoms with Crippen molar-refractivity contribution in [3.63, 3.8) is 0 Å². The second kappa shape index (κ2) is 6.09. The van der Waals surface area contributed by atoms with Gasteiger partial charge in [-0.05, 0) is 37.6 Å². The molecule has 1 aromatic heterocycles. The quantitative estimate of drug-likeness (QED) is 0.921. The van der Waals surface area contributed by atoms with Crippen molar-refractivity contribution in [1.29, 1.82) is 0 Å². The molecule has 0 radical (unpaired) electrons. The predicted molar refractivity (Wildman–Crippen MR) is 82.1 cm³/mol. The molecule has 22 heavy (non-hydrogen) atoms. The third-order valence-corrected chi connectivity index (χ3v) is 3.52. The minimum absolute atomic E-state index is 0.0943. The second-order valence-electron chi connectivity index (χ2n) is 5.05. The molecule has 0 aliphatic carbocycles. The van der Waals surface area contributed by atoms with E-state index in [1.165, 1.54) is 0 Å². The van der Waals surface area contributed by atoms with Gasteiger partial charge in [0.05, 0.1) is 5.69 Å². The van der Waals surface area contributed by atoms with Crippen molar-refractivity contribution in [2.75, 3.05) is 13.3 Å². The number of benzene rings is 1. The molecule has 0 saturated heterocycles. The largest absolute Gasteiger partial charge is 0.454 e. The van der Waals surface area contributed by atoms with Crippen molar-refractivity contribution in [3.8, 4) is 22.8 Å². The first-order valence-electron chi connectivity index (χ1n) is 7.49. The molecule has 1 aliphatic heterocycles. The summed E-state index contributed by atoms with van der Waals surface area (Å²) in [7, 11) is 0. The predicted octanol–water partition coefficient (Wildman–Crippen LogP) is 2.44. The van der Waals surface area contributed by atoms with Gasteiger partial charge >= 0.3 is 0 Å². The van der Waals surface area contributed by atoms with Gasteiger partial charge in [-0.25, -0.2) is 0 Å². The van der Waals surface area contributed by atoms with Gasteiger partial charge < -0.3 is 14.8 Å². The molecule has 0 saturated carbocycles. The lowest BCUT2D eigenvalue weighted by Gasteiger charge is -2.04. The third-order valence-electron chi connectivity index (χ3n) is 3.52. The van der Waals surface area contributed by atoms with Crippen molar-refractivity contribution in [1.82, 2.24) is 15.1 Å². The Hall–Kier alpha value is -2.50. The number of aryl methyl sites for hydroxylation is 1. The third kappa shape index (κ3) is 2.64. The second-order valence-corrected chi connectivity index (χ2v) is 5.05. The van der Waals surface area contributed by atoms with E-state index in [4.69, 9.17) is 9.47 Å². The zero-order valence-electron chi connectivity index (χ0n) is 12.8. The number of nitrogens with zero attached hydrogens (tertiary/aromatic N) is 2. The number of nitrogens with one attached hydrogen (secondary N) is 1. The Bertz CT molecular complexity index is 694. The Morgan fingerprint density at radius 2 is 2.09 bits per heavy atom. The van der Waals surface area contributed by atoms with Crippen LogP contribution in [0.2, 0.25) is 0 Å². The normalized spacial score (nSPS) is 12.5. The Morgan fingerprint density at radius 3 is 2.86 bits per heavy atom. The maximum absolute atomic E-state index is 12.2. The highest BCUT2D eigenvalue weighted by Crippen LogP contribution is 2.35. The van der Waals surface area contributed by atoms with Crippen molar-refractivity contribution >= 4 is 5.91 Å². The number of carbonyl (C=O) groups excluding carboxylic acids is 1. The maximum Gasteiger partial charge on any atom is 0.269 e. The maximum atomic E-state index is 12.2. The molecule has 0 spiro atoms. The van der Waals surface area contributed by atoms with Crippen LogP contribution in [0.4, 0.5) is 0 Å². The van der Waals surface area contributed by atoms with Crippen LogP contribution >= 0.6 is 0 Å². The number of ether oxygens (including phenoxy) is 2. The summed E-state index contributed by atoms with van der Waals surface area (Å²) >= 11 is 0. The van der Waals surface area contributed by atoms with Crippen LogP contribution in [-0.2, 0) is 6.54 Å². The zero-order chi connectivity index (χ0) is 15.5. The van der Waals surface area contributed by atoms with E-state index in [1.54, 1.807) is 4.68 Å². The summed E-state index contributed by atoms with van der Waals surface area (Å²) in [5, 5.41) is 7.40. The van der Waals surface area contributed by atoms with Crippen LogP contribution in [-0.4, -0.2) is 29.0 Å². The van der Waals surface area contributed by atoms with Gasteiger partial charge in [0.15, 0.2) is 11.5 Å². The molecule has 6 heteroatoms. The average molecular weight is 301 g/mol. The van der Waals surface area contributed by atoms with Gasteiger partial charge in [-0.2, -0.15) is 5.10 Å². The molecule has 2 heterocycles. The molecule has 1 aliphatic rings. The first kappa shape index (κ1) is 14.4. The molecule has 3 rings (SSSR count). The van der Waals surface area contributed by atoms with Crippen molar-refractivity contribution in [2.45, 2.75) is 26.8 Å². The lowest BCUT2D eigenvalue weighted by molar-refractivity contribution is 0.0943. The fourth-order valence-corrected chi connectivity index (χ4v) is 2.37. The van der Waals surface area contributed by atoms with E-state index < -0.39 is 0 Å². The van der Waals surface area contributed by atoms with E-state index in [0.717, 1.165) is 23.4 Å². The minimum atomic E-state index is -0.0943. The lowest BCUT2D eigenvalue weighted by atomic mass is 10.1. The number of rotatable bonds is 5. The number of hydrogen-bond acceptors (Lipinski definition) is 4. The van der Waals surface area contributed by atoms with Gasteiger partial charge in [-0.15, -0.1) is 0 Å². The van der Waals surface area contributed by atoms with Gasteiger partial charge in [-0.3, -0.25) is 9.48 Å². The smallest absolute Gasteiger partial charge is 0.269 e. The summed E-state index contributed by atoms with van der Waals surface area (Å²) in [6.07, 6.45) is 0.904. The van der Waals surface area contributed by atoms with Crippen LogP contribution in [0.15, 0.2) is 24.3 Å². The summed E-state index contributed by atoms with van der Waals surface area (Å²) in [5.41, 5.74) is 2.23. The topological polar surface area (TPSA) is 65.4 Å². The molecule has 1 amide bonds. The molecule has 6 nitrogen and oxygen atoms in total. The fraction of sp³-hybridized carbons (Fsp3) is 0.375. The first-order chi connectivity index (χ1) is 10.7. The molecular formula is C16H19N3O3. The van der Waals surface area contributed by atoms with Gasteiger partial charge in [0.1, 0.15) is 5.69 Å². The first-order valence-corrected chi connectivity index (χ1v) is 7.49. The highest BCUT2D eigenvalue weighted by molar-refractivity contribution is 5.93. The molecule has 0 bridgehead atoms. The van der Waals surface area contributed by atoms with Crippen LogP contribution in [0.25, 0.3) is 11.3 Å². The van der Waals surface area contributed by atoms with Gasteiger partial charge in [0.2, 0.25) is 6.79 Å². The van der Waals surface area contributed by atoms with Gasteiger partial charge in [-0.1, -0.05) is 6.92 Å². The van der Waals surface area contributed by atoms with E-state index in [1.807, 2.05) is 38.1 Å². The van der Waals surface area contributed by atoms with Crippen LogP contribution < -0.4 is 14.8 Å². The Kier molecular flexibility index (Phi) is 4.00. The summed E-state index contributed by atoms with van der Waals surface area (Å²) < 4.78 is 12.4. The molecule has 2 aromatic rings. The Morgan fingerprint density at radius 1 is 1.27 bits per heavy atom. The molecule has 0 fully saturated rings. The number of carbonyl (C=O) groups is 1. The van der Waals surface area contributed by atoms with Crippen LogP contribution in [0.1, 0.15) is 30.8 Å². The molecule has 116 valence electrons. The molecule has 1 aromatic carbocycles. The van der Waals surface area contributed by atoms with Crippen LogP contribution in [0.5, 0.6) is 11.5 Å². The summed E-state index contributed by atoms with van der Waals surface area (Å²) in [5.74, 6) is 1.35. The average Bonchev–Trinajstić information content (AvgIpc) is 3.17. The van der Waals surface area contributed by atoms with E-state index in [9.17, 15) is 4.79 Å². The molecular weight excluding hydrogens is 282 g/mol. The van der Waals surface area contributed by atoms with E-state index >= 15 is 0 Å². The number of fused-ring (bicyclic) bond motifs is 1. The molecule has 0 unspecified atom stereocenters. The Labute approximate surface area is 129 Å². The SMILES string of the molecule is CCCNC(=O)c1cc(-c2ccc3c(c2)OCO3)nn1CC. The van der Waals surface area contributed by atoms with Crippen molar-refractivity contribution < 1.29 is 14.3 Å². The lowest BCUT2D eigenvalue weighted by Crippen LogP contribution is -2.26. The Balaban J connectivity index is 1.91. The minimum Gasteiger partial charge on any atom is -0.454 e. The number of hydrogen-bond donors (Lipinski definition) is 1. The van der Waals surface area contributed by atoms with Crippen LogP contribution in [0, 0.1) is 0 Å². The van der Waals surface area contributed by atoms with Crippen molar-refractivity contribution in [3.05, 3.63) is 30.0 Å². The molecule has 1 N–H and O–H groups in total. The van der Waals surface area contributed by atoms with E-state index in [2.05, 4.69) is 10.4 Å². The highest BCUT2D eigenvalue weighted by Gasteiger charge is 2.18. The standard InChI is InChI=1S/C16H19N3O3/c1-3-7-17-16(20)13-9-12(18-19(13)4-2)11-5-6-14-15(8-11)22-10-21-14/h5-6,8-9H,3-4,7,10H2,1-2H3,(H,17,20). The summed E-state index contributed by atoms with van der Waals surface area (Å²) in [6, 6.07) is 7.48. The molecule has 0 atom stereocenters. The summed E-state index contributed by atoms with van der Waals surface area (Å²) in [6.45, 7) is 5.53. The van der Waals surface area contributed by atoms with Crippen molar-refractivity contribution in [2.24, 2.45) is 0 Å². The monoisotopic (exact) mass is 301 g/mol. The number of amides is 1. The van der Waals surface area contributed by atoms with E-state index in [-0.39, 0.29) is 12.7 Å². The van der Waals surface area contributed by atoms with Crippen LogP contribution in [0.3, 0.4) is 0 Å². The fourth-order valence-electron chi connectivity index (χ4n) is 2.37. The zero-order valence-corrected chi connectivity index (χ0v) is 12.8. The van der Waals surface area contributed by atoms with Gasteiger partial charge in [0, 0.05) is 18.7 Å². The number of aromatic nitrogens is 2. The summed E-state index contributed by atoms with van der Waals surface area (Å²) in [4.78, 5) is 12.2.